The first-order valence-corrected chi connectivity index (χ1v) is 11.7. The van der Waals surface area contributed by atoms with E-state index in [0.29, 0.717) is 17.7 Å². The largest absolute Gasteiger partial charge is 0.330 e. The zero-order valence-corrected chi connectivity index (χ0v) is 20.3. The molecule has 0 aliphatic carbocycles. The Morgan fingerprint density at radius 3 is 2.38 bits per heavy atom. The molecular weight excluding hydrogens is 422 g/mol. The van der Waals surface area contributed by atoms with Crippen LogP contribution in [0.15, 0.2) is 77.9 Å². The molecule has 174 valence electrons. The third-order valence-corrected chi connectivity index (χ3v) is 6.14. The van der Waals surface area contributed by atoms with E-state index in [1.165, 1.54) is 11.1 Å². The molecule has 0 aliphatic heterocycles. The molecule has 4 aromatic rings. The minimum atomic E-state index is -0.177. The summed E-state index contributed by atoms with van der Waals surface area (Å²) in [6.07, 6.45) is 4.38. The number of amides is 1. The third-order valence-electron chi connectivity index (χ3n) is 6.14. The van der Waals surface area contributed by atoms with Crippen molar-refractivity contribution in [2.45, 2.75) is 52.6 Å². The summed E-state index contributed by atoms with van der Waals surface area (Å²) in [6, 6.07) is 19.5. The number of aryl methyl sites for hydroxylation is 1. The van der Waals surface area contributed by atoms with E-state index in [0.717, 1.165) is 22.9 Å². The first kappa shape index (κ1) is 23.4. The summed E-state index contributed by atoms with van der Waals surface area (Å²) >= 11 is 0. The van der Waals surface area contributed by atoms with Crippen molar-refractivity contribution in [2.75, 3.05) is 0 Å². The average Bonchev–Trinajstić information content (AvgIpc) is 2.83. The van der Waals surface area contributed by atoms with Crippen molar-refractivity contribution in [3.63, 3.8) is 0 Å². The number of carbonyl (C=O) groups is 1. The molecule has 0 atom stereocenters. The van der Waals surface area contributed by atoms with Gasteiger partial charge in [-0.1, -0.05) is 52.0 Å². The highest BCUT2D eigenvalue weighted by atomic mass is 16.2. The Labute approximate surface area is 200 Å². The molecule has 1 amide bonds. The number of hydrogen-bond acceptors (Lipinski definition) is 3. The van der Waals surface area contributed by atoms with Gasteiger partial charge in [0.25, 0.3) is 11.5 Å². The number of pyridine rings is 2. The van der Waals surface area contributed by atoms with Gasteiger partial charge < -0.3 is 9.88 Å². The molecule has 4 rings (SSSR count). The Kier molecular flexibility index (Phi) is 6.64. The second-order valence-corrected chi connectivity index (χ2v) is 9.75. The van der Waals surface area contributed by atoms with Gasteiger partial charge in [0.05, 0.1) is 6.54 Å². The van der Waals surface area contributed by atoms with E-state index in [-0.39, 0.29) is 23.4 Å². The maximum atomic E-state index is 13.6. The molecule has 1 N–H and O–H groups in total. The Bertz CT molecular complexity index is 1350. The predicted molar refractivity (Wildman–Crippen MR) is 137 cm³/mol. The highest BCUT2D eigenvalue weighted by Crippen LogP contribution is 2.23. The maximum Gasteiger partial charge on any atom is 0.254 e. The summed E-state index contributed by atoms with van der Waals surface area (Å²) in [5.74, 6) is -0.119. The number of nitrogens with zero attached hydrogens (tertiary/aromatic N) is 2. The average molecular weight is 454 g/mol. The molecule has 0 saturated carbocycles. The lowest BCUT2D eigenvalue weighted by Gasteiger charge is -2.24. The first-order valence-electron chi connectivity index (χ1n) is 11.7. The van der Waals surface area contributed by atoms with Gasteiger partial charge in [0, 0.05) is 35.6 Å². The van der Waals surface area contributed by atoms with Gasteiger partial charge in [0.15, 0.2) is 0 Å². The number of carbonyl (C=O) groups excluding carboxylic acids is 1. The van der Waals surface area contributed by atoms with E-state index < -0.39 is 0 Å². The van der Waals surface area contributed by atoms with Crippen LogP contribution in [0.1, 0.15) is 60.3 Å². The van der Waals surface area contributed by atoms with Gasteiger partial charge in [0.1, 0.15) is 0 Å². The summed E-state index contributed by atoms with van der Waals surface area (Å²) in [6.45, 7) is 9.11. The fraction of sp³-hybridized carbons (Fsp3) is 0.276. The number of aromatic amines is 1. The van der Waals surface area contributed by atoms with Gasteiger partial charge in [-0.25, -0.2) is 0 Å². The monoisotopic (exact) mass is 453 g/mol. The van der Waals surface area contributed by atoms with E-state index in [2.05, 4.69) is 43.7 Å². The van der Waals surface area contributed by atoms with Crippen LogP contribution >= 0.6 is 0 Å². The molecule has 0 bridgehead atoms. The second kappa shape index (κ2) is 9.64. The van der Waals surface area contributed by atoms with Crippen molar-refractivity contribution in [2.24, 2.45) is 0 Å². The molecule has 0 fully saturated rings. The van der Waals surface area contributed by atoms with E-state index >= 15 is 0 Å². The molecule has 5 nitrogen and oxygen atoms in total. The Morgan fingerprint density at radius 2 is 1.74 bits per heavy atom. The van der Waals surface area contributed by atoms with Gasteiger partial charge in [-0.3, -0.25) is 14.6 Å². The van der Waals surface area contributed by atoms with Crippen molar-refractivity contribution in [3.05, 3.63) is 111 Å². The van der Waals surface area contributed by atoms with Gasteiger partial charge >= 0.3 is 0 Å². The zero-order valence-electron chi connectivity index (χ0n) is 20.3. The minimum Gasteiger partial charge on any atom is -0.330 e. The maximum absolute atomic E-state index is 13.6. The van der Waals surface area contributed by atoms with E-state index in [1.54, 1.807) is 17.3 Å². The SMILES string of the molecule is CCc1ccc2[nH]c(=O)c(CN(Cc3cccnc3)C(=O)c3ccc(C(C)(C)C)cc3)cc2c1. The predicted octanol–water partition coefficient (Wildman–Crippen LogP) is 5.63. The number of H-pyrrole nitrogens is 1. The van der Waals surface area contributed by atoms with Gasteiger partial charge in [-0.2, -0.15) is 0 Å². The van der Waals surface area contributed by atoms with E-state index in [9.17, 15) is 9.59 Å². The molecular formula is C29H31N3O2. The van der Waals surface area contributed by atoms with Crippen LogP contribution in [-0.4, -0.2) is 20.8 Å². The molecule has 2 heterocycles. The van der Waals surface area contributed by atoms with Crippen LogP contribution in [-0.2, 0) is 24.9 Å². The molecule has 2 aromatic heterocycles. The lowest BCUT2D eigenvalue weighted by Crippen LogP contribution is -2.32. The normalized spacial score (nSPS) is 11.5. The number of hydrogen-bond donors (Lipinski definition) is 1. The van der Waals surface area contributed by atoms with Crippen molar-refractivity contribution in [1.82, 2.24) is 14.9 Å². The zero-order chi connectivity index (χ0) is 24.3. The fourth-order valence-electron chi connectivity index (χ4n) is 4.05. The van der Waals surface area contributed by atoms with Crippen LogP contribution in [0, 0.1) is 0 Å². The van der Waals surface area contributed by atoms with Crippen molar-refractivity contribution >= 4 is 16.8 Å². The van der Waals surface area contributed by atoms with Crippen LogP contribution in [0.4, 0.5) is 0 Å². The number of rotatable bonds is 6. The quantitative estimate of drug-likeness (QED) is 0.412. The molecule has 0 aliphatic rings. The molecule has 0 radical (unpaired) electrons. The number of fused-ring (bicyclic) bond motifs is 1. The minimum absolute atomic E-state index is 0.00665. The van der Waals surface area contributed by atoms with Crippen LogP contribution in [0.5, 0.6) is 0 Å². The van der Waals surface area contributed by atoms with Crippen LogP contribution in [0.25, 0.3) is 10.9 Å². The lowest BCUT2D eigenvalue weighted by molar-refractivity contribution is 0.0729. The summed E-state index contributed by atoms with van der Waals surface area (Å²) in [7, 11) is 0. The fourth-order valence-corrected chi connectivity index (χ4v) is 4.05. The Hall–Kier alpha value is -3.73. The molecule has 34 heavy (non-hydrogen) atoms. The molecule has 2 aromatic carbocycles. The Morgan fingerprint density at radius 1 is 0.971 bits per heavy atom. The standard InChI is InChI=1S/C29H31N3O2/c1-5-20-8-13-26-23(15-20)16-24(27(33)31-26)19-32(18-21-7-6-14-30-17-21)28(34)22-9-11-25(12-10-22)29(2,3)4/h6-17H,5,18-19H2,1-4H3,(H,31,33). The first-order chi connectivity index (χ1) is 16.2. The summed E-state index contributed by atoms with van der Waals surface area (Å²) in [5.41, 5.74) is 5.07. The highest BCUT2D eigenvalue weighted by Gasteiger charge is 2.20. The van der Waals surface area contributed by atoms with Crippen LogP contribution in [0.3, 0.4) is 0 Å². The number of benzene rings is 2. The number of nitrogens with one attached hydrogen (secondary N) is 1. The van der Waals surface area contributed by atoms with Crippen LogP contribution in [0.2, 0.25) is 0 Å². The van der Waals surface area contributed by atoms with E-state index in [4.69, 9.17) is 0 Å². The third kappa shape index (κ3) is 5.25. The Balaban J connectivity index is 1.69. The van der Waals surface area contributed by atoms with Crippen LogP contribution < -0.4 is 5.56 Å². The molecule has 0 spiro atoms. The highest BCUT2D eigenvalue weighted by molar-refractivity contribution is 5.94. The van der Waals surface area contributed by atoms with Gasteiger partial charge in [-0.05, 0) is 70.3 Å². The molecule has 0 saturated heterocycles. The summed E-state index contributed by atoms with van der Waals surface area (Å²) in [4.78, 5) is 35.3. The molecule has 0 unspecified atom stereocenters. The van der Waals surface area contributed by atoms with Crippen molar-refractivity contribution < 1.29 is 4.79 Å². The van der Waals surface area contributed by atoms with Crippen molar-refractivity contribution in [1.29, 1.82) is 0 Å². The van der Waals surface area contributed by atoms with Crippen molar-refractivity contribution in [3.8, 4) is 0 Å². The van der Waals surface area contributed by atoms with Gasteiger partial charge in [-0.15, -0.1) is 0 Å². The summed E-state index contributed by atoms with van der Waals surface area (Å²) < 4.78 is 0. The van der Waals surface area contributed by atoms with Gasteiger partial charge in [0.2, 0.25) is 0 Å². The smallest absolute Gasteiger partial charge is 0.254 e. The van der Waals surface area contributed by atoms with E-state index in [1.807, 2.05) is 54.6 Å². The molecule has 5 heteroatoms. The number of aromatic nitrogens is 2. The summed E-state index contributed by atoms with van der Waals surface area (Å²) in [5, 5.41) is 0.970. The lowest BCUT2D eigenvalue weighted by atomic mass is 9.86. The topological polar surface area (TPSA) is 66.1 Å². The second-order valence-electron chi connectivity index (χ2n) is 9.75.